The van der Waals surface area contributed by atoms with E-state index >= 15 is 0 Å². The maximum Gasteiger partial charge on any atom is 0.194 e. The molecule has 1 aromatic heterocycles. The first kappa shape index (κ1) is 13.6. The van der Waals surface area contributed by atoms with E-state index in [1.165, 1.54) is 0 Å². The van der Waals surface area contributed by atoms with Gasteiger partial charge in [0.25, 0.3) is 0 Å². The number of rotatable bonds is 2. The van der Waals surface area contributed by atoms with Gasteiger partial charge in [0.15, 0.2) is 17.5 Å². The van der Waals surface area contributed by atoms with E-state index in [4.69, 9.17) is 11.6 Å². The summed E-state index contributed by atoms with van der Waals surface area (Å²) in [5.74, 6) is -3.36. The Labute approximate surface area is 112 Å². The highest BCUT2D eigenvalue weighted by Crippen LogP contribution is 2.25. The third-order valence-electron chi connectivity index (χ3n) is 2.44. The van der Waals surface area contributed by atoms with Crippen molar-refractivity contribution < 1.29 is 13.2 Å². The molecule has 0 atom stereocenters. The van der Waals surface area contributed by atoms with Crippen molar-refractivity contribution in [3.63, 3.8) is 0 Å². The second-order valence-electron chi connectivity index (χ2n) is 3.91. The van der Waals surface area contributed by atoms with Gasteiger partial charge < -0.3 is 5.32 Å². The Morgan fingerprint density at radius 2 is 1.63 bits per heavy atom. The molecule has 0 spiro atoms. The van der Waals surface area contributed by atoms with Crippen molar-refractivity contribution >= 4 is 23.1 Å². The summed E-state index contributed by atoms with van der Waals surface area (Å²) in [6.07, 6.45) is 0. The molecule has 100 valence electrons. The smallest absolute Gasteiger partial charge is 0.194 e. The standard InChI is InChI=1S/C12H9ClF3N3/c1-5-11(13)17-6(2)18-12(5)19-7-3-8(14)10(16)9(15)4-7/h3-4H,1-2H3,(H,17,18,19). The maximum atomic E-state index is 13.1. The summed E-state index contributed by atoms with van der Waals surface area (Å²) in [5, 5.41) is 2.91. The molecule has 2 aromatic rings. The van der Waals surface area contributed by atoms with Gasteiger partial charge in [0, 0.05) is 23.4 Å². The van der Waals surface area contributed by atoms with E-state index in [1.807, 2.05) is 0 Å². The molecule has 0 aliphatic carbocycles. The van der Waals surface area contributed by atoms with Crippen molar-refractivity contribution in [2.45, 2.75) is 13.8 Å². The molecule has 1 N–H and O–H groups in total. The Morgan fingerprint density at radius 1 is 1.05 bits per heavy atom. The average molecular weight is 288 g/mol. The molecule has 0 aliphatic heterocycles. The molecule has 0 aliphatic rings. The predicted octanol–water partition coefficient (Wildman–Crippen LogP) is 3.91. The minimum atomic E-state index is -1.51. The first-order chi connectivity index (χ1) is 8.88. The molecule has 0 saturated carbocycles. The number of aryl methyl sites for hydroxylation is 1. The van der Waals surface area contributed by atoms with Gasteiger partial charge in [-0.1, -0.05) is 11.6 Å². The average Bonchev–Trinajstić information content (AvgIpc) is 2.32. The zero-order chi connectivity index (χ0) is 14.2. The first-order valence-electron chi connectivity index (χ1n) is 5.31. The van der Waals surface area contributed by atoms with E-state index in [2.05, 4.69) is 15.3 Å². The van der Waals surface area contributed by atoms with Crippen molar-refractivity contribution in [2.24, 2.45) is 0 Å². The maximum absolute atomic E-state index is 13.1. The molecule has 19 heavy (non-hydrogen) atoms. The van der Waals surface area contributed by atoms with Crippen molar-refractivity contribution in [1.82, 2.24) is 9.97 Å². The van der Waals surface area contributed by atoms with Gasteiger partial charge in [0.05, 0.1) is 0 Å². The van der Waals surface area contributed by atoms with E-state index in [0.717, 1.165) is 12.1 Å². The Balaban J connectivity index is 2.42. The largest absolute Gasteiger partial charge is 0.340 e. The monoisotopic (exact) mass is 287 g/mol. The summed E-state index contributed by atoms with van der Waals surface area (Å²) in [4.78, 5) is 8.00. The molecule has 0 bridgehead atoms. The van der Waals surface area contributed by atoms with Crippen LogP contribution in [0, 0.1) is 31.3 Å². The SMILES string of the molecule is Cc1nc(Cl)c(C)c(Nc2cc(F)c(F)c(F)c2)n1. The van der Waals surface area contributed by atoms with Gasteiger partial charge in [0.1, 0.15) is 16.8 Å². The van der Waals surface area contributed by atoms with Crippen LogP contribution in [0.1, 0.15) is 11.4 Å². The third kappa shape index (κ3) is 2.78. The van der Waals surface area contributed by atoms with Gasteiger partial charge >= 0.3 is 0 Å². The lowest BCUT2D eigenvalue weighted by Crippen LogP contribution is -2.02. The first-order valence-corrected chi connectivity index (χ1v) is 5.68. The molecule has 2 rings (SSSR count). The van der Waals surface area contributed by atoms with E-state index in [9.17, 15) is 13.2 Å². The third-order valence-corrected chi connectivity index (χ3v) is 2.81. The van der Waals surface area contributed by atoms with Crippen molar-refractivity contribution in [3.05, 3.63) is 46.1 Å². The van der Waals surface area contributed by atoms with Gasteiger partial charge in [0.2, 0.25) is 0 Å². The number of nitrogens with one attached hydrogen (secondary N) is 1. The van der Waals surface area contributed by atoms with Gasteiger partial charge in [-0.05, 0) is 13.8 Å². The van der Waals surface area contributed by atoms with Crippen LogP contribution < -0.4 is 5.32 Å². The topological polar surface area (TPSA) is 37.8 Å². The summed E-state index contributed by atoms with van der Waals surface area (Å²) in [6.45, 7) is 3.28. The van der Waals surface area contributed by atoms with Crippen LogP contribution in [0.15, 0.2) is 12.1 Å². The molecule has 0 radical (unpaired) electrons. The lowest BCUT2D eigenvalue weighted by molar-refractivity contribution is 0.448. The van der Waals surface area contributed by atoms with Crippen LogP contribution >= 0.6 is 11.6 Å². The van der Waals surface area contributed by atoms with Crippen molar-refractivity contribution in [3.8, 4) is 0 Å². The lowest BCUT2D eigenvalue weighted by Gasteiger charge is -2.10. The second kappa shape index (κ2) is 5.05. The minimum absolute atomic E-state index is 0.0358. The molecule has 1 heterocycles. The number of anilines is 2. The summed E-state index contributed by atoms with van der Waals surface area (Å²) in [6, 6.07) is 1.67. The van der Waals surface area contributed by atoms with E-state index in [0.29, 0.717) is 17.2 Å². The second-order valence-corrected chi connectivity index (χ2v) is 4.27. The Morgan fingerprint density at radius 3 is 2.21 bits per heavy atom. The molecular formula is C12H9ClF3N3. The van der Waals surface area contributed by atoms with Gasteiger partial charge in [-0.25, -0.2) is 23.1 Å². The van der Waals surface area contributed by atoms with Crippen LogP contribution in [0.2, 0.25) is 5.15 Å². The molecule has 7 heteroatoms. The van der Waals surface area contributed by atoms with Crippen LogP contribution in [-0.2, 0) is 0 Å². The molecule has 3 nitrogen and oxygen atoms in total. The molecule has 0 amide bonds. The zero-order valence-corrected chi connectivity index (χ0v) is 10.8. The van der Waals surface area contributed by atoms with Crippen LogP contribution in [0.3, 0.4) is 0 Å². The highest BCUT2D eigenvalue weighted by Gasteiger charge is 2.13. The fraction of sp³-hybridized carbons (Fsp3) is 0.167. The summed E-state index contributed by atoms with van der Waals surface area (Å²) in [5.41, 5.74) is 0.561. The zero-order valence-electron chi connectivity index (χ0n) is 10.1. The Kier molecular flexibility index (Phi) is 3.61. The Bertz CT molecular complexity index is 623. The van der Waals surface area contributed by atoms with Gasteiger partial charge in [-0.15, -0.1) is 0 Å². The van der Waals surface area contributed by atoms with Crippen LogP contribution in [0.4, 0.5) is 24.7 Å². The normalized spacial score (nSPS) is 10.6. The molecule has 0 fully saturated rings. The fourth-order valence-corrected chi connectivity index (χ4v) is 1.69. The van der Waals surface area contributed by atoms with E-state index < -0.39 is 17.5 Å². The minimum Gasteiger partial charge on any atom is -0.340 e. The van der Waals surface area contributed by atoms with Crippen molar-refractivity contribution in [1.29, 1.82) is 0 Å². The molecule has 0 saturated heterocycles. The number of halogens is 4. The summed E-state index contributed by atoms with van der Waals surface area (Å²) in [7, 11) is 0. The predicted molar refractivity (Wildman–Crippen MR) is 66.1 cm³/mol. The Hall–Kier alpha value is -1.82. The van der Waals surface area contributed by atoms with E-state index in [1.54, 1.807) is 13.8 Å². The van der Waals surface area contributed by atoms with Crippen LogP contribution in [0.5, 0.6) is 0 Å². The molecule has 0 unspecified atom stereocenters. The van der Waals surface area contributed by atoms with Crippen LogP contribution in [0.25, 0.3) is 0 Å². The number of aromatic nitrogens is 2. The van der Waals surface area contributed by atoms with Gasteiger partial charge in [-0.2, -0.15) is 0 Å². The molecular weight excluding hydrogens is 279 g/mol. The van der Waals surface area contributed by atoms with E-state index in [-0.39, 0.29) is 10.8 Å². The summed E-state index contributed by atoms with van der Waals surface area (Å²) >= 11 is 5.87. The number of benzene rings is 1. The number of hydrogen-bond acceptors (Lipinski definition) is 3. The quantitative estimate of drug-likeness (QED) is 0.672. The van der Waals surface area contributed by atoms with Gasteiger partial charge in [-0.3, -0.25) is 0 Å². The molecule has 1 aromatic carbocycles. The lowest BCUT2D eigenvalue weighted by atomic mass is 10.2. The highest BCUT2D eigenvalue weighted by molar-refractivity contribution is 6.30. The number of hydrogen-bond donors (Lipinski definition) is 1. The highest BCUT2D eigenvalue weighted by atomic mass is 35.5. The van der Waals surface area contributed by atoms with Crippen molar-refractivity contribution in [2.75, 3.05) is 5.32 Å². The summed E-state index contributed by atoms with van der Waals surface area (Å²) < 4.78 is 39.0. The number of nitrogens with zero attached hydrogens (tertiary/aromatic N) is 2. The van der Waals surface area contributed by atoms with Crippen LogP contribution in [-0.4, -0.2) is 9.97 Å². The fourth-order valence-electron chi connectivity index (χ4n) is 1.48.